The summed E-state index contributed by atoms with van der Waals surface area (Å²) in [6, 6.07) is 0. The van der Waals surface area contributed by atoms with Gasteiger partial charge in [-0.05, 0) is 18.6 Å². The first-order valence-corrected chi connectivity index (χ1v) is 6.97. The lowest BCUT2D eigenvalue weighted by Gasteiger charge is -2.07. The summed E-state index contributed by atoms with van der Waals surface area (Å²) < 4.78 is 0. The molecule has 80 valence electrons. The van der Waals surface area contributed by atoms with Crippen LogP contribution < -0.4 is 0 Å². The minimum absolute atomic E-state index is 0.871. The molecule has 1 heteroatoms. The maximum absolute atomic E-state index is 2.34. The first-order valence-electron chi connectivity index (χ1n) is 5.92. The normalized spacial score (nSPS) is 13.2. The van der Waals surface area contributed by atoms with Crippen molar-refractivity contribution in [2.24, 2.45) is 0 Å². The molecule has 1 atom stereocenters. The van der Waals surface area contributed by atoms with Crippen molar-refractivity contribution < 1.29 is 0 Å². The van der Waals surface area contributed by atoms with Crippen LogP contribution in [0, 0.1) is 0 Å². The molecular weight excluding hydrogens is 176 g/mol. The second-order valence-corrected chi connectivity index (χ2v) is 5.40. The Morgan fingerprint density at radius 3 is 2.15 bits per heavy atom. The molecule has 1 unspecified atom stereocenters. The Kier molecular flexibility index (Phi) is 10.7. The predicted molar refractivity (Wildman–Crippen MR) is 65.6 cm³/mol. The number of rotatable bonds is 9. The van der Waals surface area contributed by atoms with Gasteiger partial charge in [0.25, 0.3) is 0 Å². The Morgan fingerprint density at radius 2 is 1.54 bits per heavy atom. The molecular formula is C12H26S. The van der Waals surface area contributed by atoms with E-state index in [0.717, 1.165) is 5.25 Å². The first kappa shape index (κ1) is 13.4. The second-order valence-electron chi connectivity index (χ2n) is 3.86. The fourth-order valence-corrected chi connectivity index (χ4v) is 2.29. The minimum atomic E-state index is 0.871. The molecule has 0 radical (unpaired) electrons. The monoisotopic (exact) mass is 202 g/mol. The Hall–Kier alpha value is 0.350. The number of hydrogen-bond acceptors (Lipinski definition) is 1. The molecule has 0 heterocycles. The molecule has 0 aliphatic carbocycles. The third-order valence-corrected chi connectivity index (χ3v) is 3.90. The van der Waals surface area contributed by atoms with Crippen molar-refractivity contribution in [3.63, 3.8) is 0 Å². The molecule has 0 aromatic heterocycles. The molecule has 0 saturated carbocycles. The Bertz CT molecular complexity index is 91.1. The van der Waals surface area contributed by atoms with E-state index in [0.29, 0.717) is 0 Å². The number of hydrogen-bond donors (Lipinski definition) is 0. The van der Waals surface area contributed by atoms with Crippen LogP contribution in [0.5, 0.6) is 0 Å². The standard InChI is InChI=1S/C12H26S/c1-4-6-7-8-9-10-11-13-12(3)5-2/h12H,4-11H2,1-3H3. The zero-order valence-electron chi connectivity index (χ0n) is 9.64. The quantitative estimate of drug-likeness (QED) is 0.480. The van der Waals surface area contributed by atoms with Gasteiger partial charge in [0.2, 0.25) is 0 Å². The van der Waals surface area contributed by atoms with Crippen LogP contribution in [0.2, 0.25) is 0 Å². The van der Waals surface area contributed by atoms with Crippen molar-refractivity contribution in [2.75, 3.05) is 5.75 Å². The topological polar surface area (TPSA) is 0 Å². The van der Waals surface area contributed by atoms with E-state index in [1.807, 2.05) is 0 Å². The van der Waals surface area contributed by atoms with Crippen LogP contribution in [-0.4, -0.2) is 11.0 Å². The van der Waals surface area contributed by atoms with E-state index >= 15 is 0 Å². The van der Waals surface area contributed by atoms with Gasteiger partial charge in [-0.15, -0.1) is 0 Å². The highest BCUT2D eigenvalue weighted by Gasteiger charge is 1.97. The van der Waals surface area contributed by atoms with Crippen LogP contribution >= 0.6 is 11.8 Å². The molecule has 0 fully saturated rings. The molecule has 0 rings (SSSR count). The van der Waals surface area contributed by atoms with Gasteiger partial charge in [-0.3, -0.25) is 0 Å². The molecule has 0 aliphatic heterocycles. The average Bonchev–Trinajstić information content (AvgIpc) is 2.16. The molecule has 0 aliphatic rings. The van der Waals surface area contributed by atoms with Gasteiger partial charge < -0.3 is 0 Å². The van der Waals surface area contributed by atoms with E-state index in [4.69, 9.17) is 0 Å². The summed E-state index contributed by atoms with van der Waals surface area (Å²) in [6.07, 6.45) is 9.89. The van der Waals surface area contributed by atoms with Gasteiger partial charge in [0, 0.05) is 5.25 Å². The van der Waals surface area contributed by atoms with Crippen LogP contribution in [0.4, 0.5) is 0 Å². The zero-order chi connectivity index (χ0) is 9.94. The zero-order valence-corrected chi connectivity index (χ0v) is 10.5. The highest BCUT2D eigenvalue weighted by molar-refractivity contribution is 7.99. The first-order chi connectivity index (χ1) is 6.31. The van der Waals surface area contributed by atoms with Crippen LogP contribution in [0.15, 0.2) is 0 Å². The van der Waals surface area contributed by atoms with Crippen molar-refractivity contribution in [1.29, 1.82) is 0 Å². The maximum atomic E-state index is 2.34. The Balaban J connectivity index is 2.91. The van der Waals surface area contributed by atoms with Gasteiger partial charge >= 0.3 is 0 Å². The van der Waals surface area contributed by atoms with Gasteiger partial charge in [-0.2, -0.15) is 11.8 Å². The van der Waals surface area contributed by atoms with Crippen molar-refractivity contribution in [3.8, 4) is 0 Å². The fraction of sp³-hybridized carbons (Fsp3) is 1.00. The lowest BCUT2D eigenvalue weighted by atomic mass is 10.1. The smallest absolute Gasteiger partial charge is 0.00160 e. The fourth-order valence-electron chi connectivity index (χ4n) is 1.28. The van der Waals surface area contributed by atoms with Crippen LogP contribution in [-0.2, 0) is 0 Å². The van der Waals surface area contributed by atoms with Gasteiger partial charge in [0.1, 0.15) is 0 Å². The molecule has 13 heavy (non-hydrogen) atoms. The van der Waals surface area contributed by atoms with E-state index in [1.165, 1.54) is 50.7 Å². The molecule has 0 bridgehead atoms. The molecule has 0 amide bonds. The molecule has 0 N–H and O–H groups in total. The summed E-state index contributed by atoms with van der Waals surface area (Å²) in [5.41, 5.74) is 0. The van der Waals surface area contributed by atoms with Crippen LogP contribution in [0.1, 0.15) is 65.7 Å². The highest BCUT2D eigenvalue weighted by atomic mass is 32.2. The average molecular weight is 202 g/mol. The molecule has 0 nitrogen and oxygen atoms in total. The van der Waals surface area contributed by atoms with Gasteiger partial charge in [0.15, 0.2) is 0 Å². The van der Waals surface area contributed by atoms with Crippen molar-refractivity contribution in [2.45, 2.75) is 71.0 Å². The lowest BCUT2D eigenvalue weighted by Crippen LogP contribution is -1.94. The predicted octanol–water partition coefficient (Wildman–Crippen LogP) is 4.88. The van der Waals surface area contributed by atoms with Crippen molar-refractivity contribution >= 4 is 11.8 Å². The van der Waals surface area contributed by atoms with E-state index < -0.39 is 0 Å². The Morgan fingerprint density at radius 1 is 0.923 bits per heavy atom. The number of unbranched alkanes of at least 4 members (excludes halogenated alkanes) is 5. The summed E-state index contributed by atoms with van der Waals surface area (Å²) in [7, 11) is 0. The minimum Gasteiger partial charge on any atom is -0.159 e. The molecule has 0 aromatic carbocycles. The summed E-state index contributed by atoms with van der Waals surface area (Å²) in [5, 5.41) is 0.871. The third kappa shape index (κ3) is 10.3. The summed E-state index contributed by atoms with van der Waals surface area (Å²) in [4.78, 5) is 0. The lowest BCUT2D eigenvalue weighted by molar-refractivity contribution is 0.626. The summed E-state index contributed by atoms with van der Waals surface area (Å²) in [5.74, 6) is 1.38. The van der Waals surface area contributed by atoms with Gasteiger partial charge in [0.05, 0.1) is 0 Å². The molecule has 0 aromatic rings. The van der Waals surface area contributed by atoms with Crippen molar-refractivity contribution in [1.82, 2.24) is 0 Å². The van der Waals surface area contributed by atoms with E-state index in [9.17, 15) is 0 Å². The van der Waals surface area contributed by atoms with E-state index in [1.54, 1.807) is 0 Å². The van der Waals surface area contributed by atoms with Gasteiger partial charge in [-0.25, -0.2) is 0 Å². The third-order valence-electron chi connectivity index (χ3n) is 2.48. The SMILES string of the molecule is CCCCCCCCSC(C)CC. The highest BCUT2D eigenvalue weighted by Crippen LogP contribution is 2.16. The Labute approximate surface area is 88.9 Å². The maximum Gasteiger partial charge on any atom is 0.00160 e. The summed E-state index contributed by atoms with van der Waals surface area (Å²) >= 11 is 2.14. The largest absolute Gasteiger partial charge is 0.159 e. The van der Waals surface area contributed by atoms with E-state index in [2.05, 4.69) is 32.5 Å². The summed E-state index contributed by atoms with van der Waals surface area (Å²) in [6.45, 7) is 6.89. The van der Waals surface area contributed by atoms with Crippen molar-refractivity contribution in [3.05, 3.63) is 0 Å². The molecule has 0 saturated heterocycles. The van der Waals surface area contributed by atoms with E-state index in [-0.39, 0.29) is 0 Å². The second kappa shape index (κ2) is 10.4. The number of thioether (sulfide) groups is 1. The van der Waals surface area contributed by atoms with Crippen LogP contribution in [0.25, 0.3) is 0 Å². The molecule has 0 spiro atoms. The van der Waals surface area contributed by atoms with Crippen LogP contribution in [0.3, 0.4) is 0 Å². The van der Waals surface area contributed by atoms with Gasteiger partial charge in [-0.1, -0.05) is 52.9 Å².